The van der Waals surface area contributed by atoms with Gasteiger partial charge in [-0.1, -0.05) is 20.3 Å². The van der Waals surface area contributed by atoms with Gasteiger partial charge in [0.15, 0.2) is 9.84 Å². The maximum absolute atomic E-state index is 12.9. The molecule has 4 amide bonds. The van der Waals surface area contributed by atoms with Crippen molar-refractivity contribution in [3.05, 3.63) is 24.3 Å². The second-order valence-electron chi connectivity index (χ2n) is 8.32. The average Bonchev–Trinajstić information content (AvgIpc) is 2.82. The van der Waals surface area contributed by atoms with Crippen LogP contribution in [-0.2, 0) is 29.0 Å². The second kappa shape index (κ2) is 13.6. The van der Waals surface area contributed by atoms with Crippen LogP contribution in [0, 0.1) is 11.8 Å². The van der Waals surface area contributed by atoms with Gasteiger partial charge >= 0.3 is 12.0 Å². The van der Waals surface area contributed by atoms with Gasteiger partial charge in [0.25, 0.3) is 5.91 Å². The molecule has 0 fully saturated rings. The van der Waals surface area contributed by atoms with Gasteiger partial charge in [-0.15, -0.1) is 5.06 Å². The second-order valence-corrected chi connectivity index (χ2v) is 10.4. The van der Waals surface area contributed by atoms with Crippen LogP contribution in [0.3, 0.4) is 0 Å². The van der Waals surface area contributed by atoms with Gasteiger partial charge in [-0.25, -0.2) is 13.2 Å². The number of esters is 1. The predicted octanol–water partition coefficient (Wildman–Crippen LogP) is 1.21. The zero-order valence-electron chi connectivity index (χ0n) is 20.2. The number of benzene rings is 1. The van der Waals surface area contributed by atoms with E-state index in [-0.39, 0.29) is 40.9 Å². The number of sulfone groups is 1. The summed E-state index contributed by atoms with van der Waals surface area (Å²) in [7, 11) is -1.54. The first kappa shape index (κ1) is 29.8. The highest BCUT2D eigenvalue weighted by Crippen LogP contribution is 2.22. The van der Waals surface area contributed by atoms with Gasteiger partial charge in [-0.2, -0.15) is 0 Å². The molecule has 1 aromatic rings. The topological polar surface area (TPSA) is 179 Å². The Bertz CT molecular complexity index is 994. The molecule has 1 rings (SSSR count). The fraction of sp³-hybridized carbons (Fsp3) is 0.545. The van der Waals surface area contributed by atoms with Gasteiger partial charge < -0.3 is 20.5 Å². The van der Waals surface area contributed by atoms with Crippen LogP contribution >= 0.6 is 0 Å². The molecule has 0 bridgehead atoms. The van der Waals surface area contributed by atoms with E-state index in [1.54, 1.807) is 0 Å². The summed E-state index contributed by atoms with van der Waals surface area (Å²) in [6, 6.07) is 2.16. The van der Waals surface area contributed by atoms with E-state index in [0.717, 1.165) is 7.11 Å². The van der Waals surface area contributed by atoms with Crippen molar-refractivity contribution in [3.63, 3.8) is 0 Å². The highest BCUT2D eigenvalue weighted by atomic mass is 32.2. The lowest BCUT2D eigenvalue weighted by molar-refractivity contribution is -0.157. The number of nitrogens with zero attached hydrogens (tertiary/aromatic N) is 1. The summed E-state index contributed by atoms with van der Waals surface area (Å²) in [6.45, 7) is 3.74. The number of imide groups is 1. The molecular formula is C22H33N3O9S. The number of hydroxylamine groups is 2. The van der Waals surface area contributed by atoms with Crippen LogP contribution in [0.2, 0.25) is 0 Å². The first-order valence-electron chi connectivity index (χ1n) is 11.0. The summed E-state index contributed by atoms with van der Waals surface area (Å²) in [5.74, 6) is -4.43. The third kappa shape index (κ3) is 9.53. The maximum Gasteiger partial charge on any atom is 0.349 e. The van der Waals surface area contributed by atoms with Crippen molar-refractivity contribution in [2.75, 3.05) is 19.9 Å². The number of carbonyl (C=O) groups excluding carboxylic acids is 4. The molecule has 0 aliphatic rings. The zero-order chi connectivity index (χ0) is 26.8. The number of hydrogen-bond acceptors (Lipinski definition) is 9. The zero-order valence-corrected chi connectivity index (χ0v) is 21.0. The van der Waals surface area contributed by atoms with Crippen LogP contribution in [0.1, 0.15) is 39.5 Å². The van der Waals surface area contributed by atoms with Gasteiger partial charge in [0.05, 0.1) is 23.7 Å². The van der Waals surface area contributed by atoms with Crippen LogP contribution in [-0.4, -0.2) is 73.6 Å². The van der Waals surface area contributed by atoms with Crippen LogP contribution in [0.25, 0.3) is 0 Å². The van der Waals surface area contributed by atoms with E-state index in [9.17, 15) is 37.9 Å². The van der Waals surface area contributed by atoms with Gasteiger partial charge in [0.1, 0.15) is 11.8 Å². The van der Waals surface area contributed by atoms with E-state index >= 15 is 0 Å². The van der Waals surface area contributed by atoms with Crippen molar-refractivity contribution in [2.24, 2.45) is 11.8 Å². The third-order valence-corrected chi connectivity index (χ3v) is 7.02. The largest absolute Gasteiger partial charge is 0.508 e. The number of aromatic hydroxyl groups is 1. The Labute approximate surface area is 204 Å². The molecule has 0 unspecified atom stereocenters. The minimum Gasteiger partial charge on any atom is -0.508 e. The molecule has 4 N–H and O–H groups in total. The minimum atomic E-state index is -4.01. The number of carbonyl (C=O) groups is 4. The van der Waals surface area contributed by atoms with E-state index in [2.05, 4.69) is 15.4 Å². The van der Waals surface area contributed by atoms with E-state index in [1.807, 2.05) is 13.8 Å². The first-order chi connectivity index (χ1) is 16.3. The predicted molar refractivity (Wildman–Crippen MR) is 124 cm³/mol. The summed E-state index contributed by atoms with van der Waals surface area (Å²) in [6.07, 6.45) is 0.137. The highest BCUT2D eigenvalue weighted by molar-refractivity contribution is 7.91. The number of methoxy groups -OCH3 is 1. The fourth-order valence-corrected chi connectivity index (χ4v) is 4.70. The van der Waals surface area contributed by atoms with E-state index in [0.29, 0.717) is 6.42 Å². The molecule has 0 aromatic heterocycles. The van der Waals surface area contributed by atoms with Crippen molar-refractivity contribution in [3.8, 4) is 5.75 Å². The molecule has 1 aromatic carbocycles. The summed E-state index contributed by atoms with van der Waals surface area (Å²) in [5.41, 5.74) is 0. The number of ether oxygens (including phenoxy) is 1. The van der Waals surface area contributed by atoms with Gasteiger partial charge in [-0.3, -0.25) is 19.6 Å². The Morgan fingerprint density at radius 3 is 2.17 bits per heavy atom. The maximum atomic E-state index is 12.9. The Hall–Kier alpha value is -3.19. The van der Waals surface area contributed by atoms with Crippen molar-refractivity contribution in [2.45, 2.75) is 50.5 Å². The molecular weight excluding hydrogens is 482 g/mol. The highest BCUT2D eigenvalue weighted by Gasteiger charge is 2.34. The summed E-state index contributed by atoms with van der Waals surface area (Å²) < 4.78 is 30.2. The monoisotopic (exact) mass is 515 g/mol. The van der Waals surface area contributed by atoms with E-state index in [4.69, 9.17) is 0 Å². The Morgan fingerprint density at radius 1 is 1.06 bits per heavy atom. The van der Waals surface area contributed by atoms with Gasteiger partial charge in [0, 0.05) is 13.5 Å². The van der Waals surface area contributed by atoms with Crippen LogP contribution in [0.5, 0.6) is 5.75 Å². The van der Waals surface area contributed by atoms with Crippen molar-refractivity contribution in [1.82, 2.24) is 15.7 Å². The molecule has 2 atom stereocenters. The first-order valence-corrected chi connectivity index (χ1v) is 12.6. The molecule has 13 heteroatoms. The Kier molecular flexibility index (Phi) is 11.6. The van der Waals surface area contributed by atoms with Crippen LogP contribution in [0.15, 0.2) is 29.2 Å². The smallest absolute Gasteiger partial charge is 0.349 e. The molecule has 0 spiro atoms. The van der Waals surface area contributed by atoms with E-state index < -0.39 is 51.4 Å². The van der Waals surface area contributed by atoms with Gasteiger partial charge in [-0.05, 0) is 43.0 Å². The fourth-order valence-electron chi connectivity index (χ4n) is 3.12. The molecule has 196 valence electrons. The molecule has 0 aliphatic carbocycles. The average molecular weight is 516 g/mol. The molecule has 0 heterocycles. The minimum absolute atomic E-state index is 0.0688. The number of rotatable bonds is 12. The van der Waals surface area contributed by atoms with Crippen molar-refractivity contribution >= 4 is 33.7 Å². The van der Waals surface area contributed by atoms with Crippen LogP contribution in [0.4, 0.5) is 4.79 Å². The lowest BCUT2D eigenvalue weighted by atomic mass is 9.98. The lowest BCUT2D eigenvalue weighted by Crippen LogP contribution is -2.52. The molecule has 0 saturated carbocycles. The normalized spacial score (nSPS) is 13.0. The summed E-state index contributed by atoms with van der Waals surface area (Å²) in [4.78, 5) is 48.8. The third-order valence-electron chi connectivity index (χ3n) is 5.18. The number of hydrogen-bond donors (Lipinski definition) is 4. The molecule has 0 radical (unpaired) electrons. The number of likely N-dealkylation sites (N-methyl/N-ethyl adjacent to an activating group) is 1. The lowest BCUT2D eigenvalue weighted by Gasteiger charge is -2.24. The number of amides is 4. The molecule has 35 heavy (non-hydrogen) atoms. The van der Waals surface area contributed by atoms with Gasteiger partial charge in [0.2, 0.25) is 5.91 Å². The van der Waals surface area contributed by atoms with E-state index in [1.165, 1.54) is 31.3 Å². The number of nitrogens with one attached hydrogen (secondary N) is 2. The SMILES string of the molecule is CNC(=O)[C@H](CCC(=O)OC)NC(=O)N(O)C(=O)[C@H](CCC(C)C)CS(=O)(=O)c1ccc(O)cc1. The number of urea groups is 1. The van der Waals surface area contributed by atoms with Crippen LogP contribution < -0.4 is 10.6 Å². The van der Waals surface area contributed by atoms with Crippen molar-refractivity contribution in [1.29, 1.82) is 0 Å². The quantitative estimate of drug-likeness (QED) is 0.181. The Morgan fingerprint density at radius 2 is 1.66 bits per heavy atom. The summed E-state index contributed by atoms with van der Waals surface area (Å²) >= 11 is 0. The summed E-state index contributed by atoms with van der Waals surface area (Å²) in [5, 5.41) is 23.9. The molecule has 0 saturated heterocycles. The Balaban J connectivity index is 3.05. The van der Waals surface area contributed by atoms with Crippen molar-refractivity contribution < 1.29 is 42.6 Å². The molecule has 12 nitrogen and oxygen atoms in total. The number of phenolic OH excluding ortho intramolecular Hbond substituents is 1. The molecule has 0 aliphatic heterocycles. The standard InChI is InChI=1S/C22H33N3O9S/c1-14(2)5-6-15(13-35(32,33)17-9-7-16(26)8-10-17)21(29)25(31)22(30)24-18(20(28)23-3)11-12-19(27)34-4/h7-10,14-15,18,26,31H,5-6,11-13H2,1-4H3,(H,23,28)(H,24,30)/t15-,18+/m1/s1. The number of phenols is 1.